The maximum atomic E-state index is 12.8. The number of aromatic carboxylic acids is 1. The van der Waals surface area contributed by atoms with Gasteiger partial charge in [-0.15, -0.1) is 11.6 Å². The fourth-order valence-corrected chi connectivity index (χ4v) is 4.63. The summed E-state index contributed by atoms with van der Waals surface area (Å²) in [5.41, 5.74) is -0.804. The monoisotopic (exact) mass is 446 g/mol. The maximum absolute atomic E-state index is 12.8. The van der Waals surface area contributed by atoms with Gasteiger partial charge < -0.3 is 24.8 Å². The van der Waals surface area contributed by atoms with E-state index in [2.05, 4.69) is 0 Å². The van der Waals surface area contributed by atoms with Crippen LogP contribution in [0.2, 0.25) is 5.02 Å². The first kappa shape index (κ1) is 18.8. The van der Waals surface area contributed by atoms with Gasteiger partial charge in [0.15, 0.2) is 17.1 Å². The Labute approximate surface area is 179 Å². The first-order valence-corrected chi connectivity index (χ1v) is 9.65. The number of allylic oxidation sites excluding steroid dienone is 2. The molecule has 0 saturated carbocycles. The van der Waals surface area contributed by atoms with Crippen LogP contribution in [-0.2, 0) is 10.3 Å². The Morgan fingerprint density at radius 1 is 1.20 bits per heavy atom. The Balaban J connectivity index is 1.93. The minimum Gasteiger partial charge on any atom is -0.511 e. The van der Waals surface area contributed by atoms with Crippen molar-refractivity contribution >= 4 is 35.1 Å². The number of carbonyl (C=O) groups excluding carboxylic acids is 1. The van der Waals surface area contributed by atoms with Gasteiger partial charge in [0.05, 0.1) is 16.0 Å². The van der Waals surface area contributed by atoms with Crippen molar-refractivity contribution < 1.29 is 34.4 Å². The minimum absolute atomic E-state index is 0.0706. The number of ether oxygens (including phenoxy) is 2. The van der Waals surface area contributed by atoms with Crippen LogP contribution in [0.5, 0.6) is 11.5 Å². The van der Waals surface area contributed by atoms with E-state index in [1.165, 1.54) is 12.1 Å². The maximum Gasteiger partial charge on any atom is 0.343 e. The second-order valence-corrected chi connectivity index (χ2v) is 8.00. The van der Waals surface area contributed by atoms with Crippen LogP contribution in [0, 0.1) is 0 Å². The summed E-state index contributed by atoms with van der Waals surface area (Å²) in [5, 5.41) is 29.1. The molecule has 2 aliphatic heterocycles. The van der Waals surface area contributed by atoms with Crippen LogP contribution in [0.25, 0.3) is 0 Å². The molecule has 9 heteroatoms. The fourth-order valence-electron chi connectivity index (χ4n) is 4.21. The first-order chi connectivity index (χ1) is 14.3. The summed E-state index contributed by atoms with van der Waals surface area (Å²) in [6.07, 6.45) is 1.33. The van der Waals surface area contributed by atoms with E-state index in [9.17, 15) is 24.9 Å². The summed E-state index contributed by atoms with van der Waals surface area (Å²) in [7, 11) is 0. The van der Waals surface area contributed by atoms with Gasteiger partial charge in [0.25, 0.3) is 0 Å². The Hall–Kier alpha value is -3.16. The summed E-state index contributed by atoms with van der Waals surface area (Å²) >= 11 is 12.4. The van der Waals surface area contributed by atoms with Crippen molar-refractivity contribution in [3.63, 3.8) is 0 Å². The topological polar surface area (TPSA) is 113 Å². The van der Waals surface area contributed by atoms with Gasteiger partial charge in [-0.05, 0) is 12.1 Å². The van der Waals surface area contributed by atoms with E-state index in [0.29, 0.717) is 16.7 Å². The molecule has 0 bridgehead atoms. The van der Waals surface area contributed by atoms with E-state index in [1.807, 2.05) is 0 Å². The number of fused-ring (bicyclic) bond motifs is 5. The highest BCUT2D eigenvalue weighted by atomic mass is 35.5. The lowest BCUT2D eigenvalue weighted by Gasteiger charge is -2.40. The molecule has 152 valence electrons. The Bertz CT molecular complexity index is 1230. The van der Waals surface area contributed by atoms with Crippen LogP contribution in [0.15, 0.2) is 53.5 Å². The molecule has 5 rings (SSSR count). The van der Waals surface area contributed by atoms with Crippen molar-refractivity contribution in [3.05, 3.63) is 80.8 Å². The molecular weight excluding hydrogens is 435 g/mol. The van der Waals surface area contributed by atoms with Crippen molar-refractivity contribution in [3.8, 4) is 11.5 Å². The van der Waals surface area contributed by atoms with Gasteiger partial charge in [-0.2, -0.15) is 0 Å². The molecule has 7 nitrogen and oxygen atoms in total. The molecule has 1 aliphatic carbocycles. The van der Waals surface area contributed by atoms with Crippen LogP contribution in [-0.4, -0.2) is 32.6 Å². The number of hydrogen-bond donors (Lipinski definition) is 3. The number of carboxylic acid groups (broad SMARTS) is 1. The van der Waals surface area contributed by atoms with Gasteiger partial charge in [-0.3, -0.25) is 0 Å². The van der Waals surface area contributed by atoms with Gasteiger partial charge in [-0.25, -0.2) is 9.59 Å². The van der Waals surface area contributed by atoms with Gasteiger partial charge in [0, 0.05) is 29.2 Å². The predicted molar refractivity (Wildman–Crippen MR) is 105 cm³/mol. The Morgan fingerprint density at radius 3 is 2.67 bits per heavy atom. The second kappa shape index (κ2) is 6.17. The molecule has 2 aromatic rings. The molecular formula is C21H12Cl2O7. The molecule has 0 amide bonds. The molecule has 2 heterocycles. The van der Waals surface area contributed by atoms with Crippen molar-refractivity contribution in [2.75, 3.05) is 0 Å². The van der Waals surface area contributed by atoms with E-state index in [0.717, 1.165) is 0 Å². The molecule has 3 N–H and O–H groups in total. The first-order valence-electron chi connectivity index (χ1n) is 8.84. The molecule has 0 aromatic heterocycles. The lowest BCUT2D eigenvalue weighted by molar-refractivity contribution is 0.0188. The predicted octanol–water partition coefficient (Wildman–Crippen LogP) is 4.26. The number of halogens is 2. The average Bonchev–Trinajstić information content (AvgIpc) is 2.99. The highest BCUT2D eigenvalue weighted by Gasteiger charge is 2.56. The number of carbonyl (C=O) groups is 2. The largest absolute Gasteiger partial charge is 0.511 e. The van der Waals surface area contributed by atoms with Gasteiger partial charge in [0.2, 0.25) is 0 Å². The number of aliphatic hydroxyl groups is 1. The molecule has 0 radical (unpaired) electrons. The lowest BCUT2D eigenvalue weighted by atomic mass is 9.74. The van der Waals surface area contributed by atoms with Crippen LogP contribution in [0.1, 0.15) is 38.3 Å². The molecule has 1 spiro atoms. The van der Waals surface area contributed by atoms with Crippen LogP contribution in [0.3, 0.4) is 0 Å². The quantitative estimate of drug-likeness (QED) is 0.442. The summed E-state index contributed by atoms with van der Waals surface area (Å²) in [5.74, 6) is -3.10. The molecule has 30 heavy (non-hydrogen) atoms. The Morgan fingerprint density at radius 2 is 1.93 bits per heavy atom. The third-order valence-corrected chi connectivity index (χ3v) is 6.15. The molecule has 0 fully saturated rings. The van der Waals surface area contributed by atoms with Crippen LogP contribution in [0.4, 0.5) is 0 Å². The number of hydrogen-bond acceptors (Lipinski definition) is 6. The normalized spacial score (nSPS) is 23.9. The van der Waals surface area contributed by atoms with E-state index in [-0.39, 0.29) is 34.3 Å². The van der Waals surface area contributed by atoms with Crippen LogP contribution >= 0.6 is 23.2 Å². The summed E-state index contributed by atoms with van der Waals surface area (Å²) in [4.78, 5) is 24.7. The number of phenols is 1. The SMILES string of the molecule is O=C1OC2(C3=C(C=C(O)C(Cl)C3)Oc3c2cc(Cl)c(O)c3C(=O)O)c2ccccc21. The Kier molecular flexibility index (Phi) is 3.87. The average molecular weight is 447 g/mol. The highest BCUT2D eigenvalue weighted by molar-refractivity contribution is 6.33. The summed E-state index contributed by atoms with van der Waals surface area (Å²) < 4.78 is 11.7. The molecule has 2 unspecified atom stereocenters. The van der Waals surface area contributed by atoms with Crippen molar-refractivity contribution in [1.82, 2.24) is 0 Å². The molecule has 2 atom stereocenters. The number of benzene rings is 2. The van der Waals surface area contributed by atoms with Gasteiger partial charge >= 0.3 is 11.9 Å². The van der Waals surface area contributed by atoms with E-state index in [4.69, 9.17) is 32.7 Å². The number of aliphatic hydroxyl groups excluding tert-OH is 1. The third kappa shape index (κ3) is 2.27. The standard InChI is InChI=1S/C21H12Cl2O7/c22-12-5-10-15(7-14(12)24)29-18-11(6-13(23)17(25)16(18)19(26)27)21(10)9-4-2-1-3-8(9)20(28)30-21/h1-4,6-7,12,24-25H,5H2,(H,26,27). The summed E-state index contributed by atoms with van der Waals surface area (Å²) in [6.45, 7) is 0. The van der Waals surface area contributed by atoms with E-state index >= 15 is 0 Å². The van der Waals surface area contributed by atoms with Gasteiger partial charge in [0.1, 0.15) is 17.1 Å². The van der Waals surface area contributed by atoms with E-state index < -0.39 is 34.2 Å². The summed E-state index contributed by atoms with van der Waals surface area (Å²) in [6, 6.07) is 7.99. The van der Waals surface area contributed by atoms with Crippen molar-refractivity contribution in [2.45, 2.75) is 17.4 Å². The number of esters is 1. The number of alkyl halides is 1. The number of aromatic hydroxyl groups is 1. The fraction of sp³-hybridized carbons (Fsp3) is 0.143. The van der Waals surface area contributed by atoms with E-state index in [1.54, 1.807) is 24.3 Å². The molecule has 3 aliphatic rings. The second-order valence-electron chi connectivity index (χ2n) is 7.07. The highest BCUT2D eigenvalue weighted by Crippen LogP contribution is 2.58. The van der Waals surface area contributed by atoms with Crippen LogP contribution < -0.4 is 4.74 Å². The third-order valence-electron chi connectivity index (χ3n) is 5.49. The number of carboxylic acids is 1. The number of rotatable bonds is 1. The zero-order valence-electron chi connectivity index (χ0n) is 15.0. The smallest absolute Gasteiger partial charge is 0.343 e. The van der Waals surface area contributed by atoms with Gasteiger partial charge in [-0.1, -0.05) is 29.8 Å². The van der Waals surface area contributed by atoms with Crippen molar-refractivity contribution in [1.29, 1.82) is 0 Å². The zero-order chi connectivity index (χ0) is 21.4. The molecule has 0 saturated heterocycles. The zero-order valence-corrected chi connectivity index (χ0v) is 16.5. The molecule has 2 aromatic carbocycles. The van der Waals surface area contributed by atoms with Crippen molar-refractivity contribution in [2.24, 2.45) is 0 Å². The lowest BCUT2D eigenvalue weighted by Crippen LogP contribution is -2.38. The minimum atomic E-state index is -1.57.